The quantitative estimate of drug-likeness (QED) is 0.208. The van der Waals surface area contributed by atoms with Crippen LogP contribution in [0.25, 0.3) is 10.4 Å². The van der Waals surface area contributed by atoms with Crippen LogP contribution >= 0.6 is 11.6 Å². The van der Waals surface area contributed by atoms with Crippen LogP contribution in [0.15, 0.2) is 17.4 Å². The van der Waals surface area contributed by atoms with Crippen molar-refractivity contribution in [1.82, 2.24) is 4.98 Å². The van der Waals surface area contributed by atoms with Crippen LogP contribution in [0.5, 0.6) is 0 Å². The molecule has 0 aliphatic heterocycles. The van der Waals surface area contributed by atoms with Crippen molar-refractivity contribution in [2.75, 3.05) is 12.3 Å². The van der Waals surface area contributed by atoms with Crippen molar-refractivity contribution in [3.05, 3.63) is 33.4 Å². The molecular weight excluding hydrogens is 214 g/mol. The van der Waals surface area contributed by atoms with E-state index in [0.717, 1.165) is 0 Å². The molecule has 6 heteroatoms. The maximum Gasteiger partial charge on any atom is 0.146 e. The molecule has 0 radical (unpaired) electrons. The minimum atomic E-state index is 0.284. The summed E-state index contributed by atoms with van der Waals surface area (Å²) in [6.45, 7) is 0.335. The van der Waals surface area contributed by atoms with E-state index < -0.39 is 0 Å². The van der Waals surface area contributed by atoms with Crippen LogP contribution in [0, 0.1) is 11.8 Å². The zero-order valence-corrected chi connectivity index (χ0v) is 8.57. The highest BCUT2D eigenvalue weighted by atomic mass is 35.5. The fraction of sp³-hybridized carbons (Fsp3) is 0.222. The topological polar surface area (TPSA) is 87.7 Å². The molecule has 76 valence electrons. The van der Waals surface area contributed by atoms with Gasteiger partial charge >= 0.3 is 0 Å². The van der Waals surface area contributed by atoms with Gasteiger partial charge in [0.25, 0.3) is 0 Å². The molecule has 1 aromatic heterocycles. The fourth-order valence-electron chi connectivity index (χ4n) is 0.875. The summed E-state index contributed by atoms with van der Waals surface area (Å²) in [4.78, 5) is 6.47. The van der Waals surface area contributed by atoms with E-state index in [1.165, 1.54) is 6.20 Å². The molecule has 0 bridgehead atoms. The van der Waals surface area contributed by atoms with Gasteiger partial charge in [-0.2, -0.15) is 0 Å². The van der Waals surface area contributed by atoms with Gasteiger partial charge in [-0.15, -0.1) is 0 Å². The maximum atomic E-state index is 8.03. The van der Waals surface area contributed by atoms with Gasteiger partial charge in [-0.3, -0.25) is 0 Å². The molecule has 1 heterocycles. The van der Waals surface area contributed by atoms with E-state index in [4.69, 9.17) is 22.9 Å². The van der Waals surface area contributed by atoms with Crippen LogP contribution in [-0.2, 0) is 0 Å². The zero-order valence-electron chi connectivity index (χ0n) is 7.81. The van der Waals surface area contributed by atoms with Crippen LogP contribution < -0.4 is 5.73 Å². The summed E-state index contributed by atoms with van der Waals surface area (Å²) in [5.41, 5.74) is 14.7. The van der Waals surface area contributed by atoms with Gasteiger partial charge in [0.1, 0.15) is 5.15 Å². The van der Waals surface area contributed by atoms with E-state index in [1.54, 1.807) is 6.07 Å². The Kier molecular flexibility index (Phi) is 4.30. The lowest BCUT2D eigenvalue weighted by molar-refractivity contribution is 1.01. The summed E-state index contributed by atoms with van der Waals surface area (Å²) >= 11 is 5.79. The smallest absolute Gasteiger partial charge is 0.146 e. The second kappa shape index (κ2) is 5.76. The highest BCUT2D eigenvalue weighted by molar-refractivity contribution is 6.30. The molecule has 0 spiro atoms. The van der Waals surface area contributed by atoms with Gasteiger partial charge in [0.2, 0.25) is 0 Å². The van der Waals surface area contributed by atoms with Crippen molar-refractivity contribution < 1.29 is 0 Å². The van der Waals surface area contributed by atoms with Crippen molar-refractivity contribution in [2.24, 2.45) is 5.11 Å². The summed E-state index contributed by atoms with van der Waals surface area (Å²) in [5, 5.41) is 3.63. The van der Waals surface area contributed by atoms with Crippen LogP contribution in [0.4, 0.5) is 5.69 Å². The van der Waals surface area contributed by atoms with E-state index in [0.29, 0.717) is 24.2 Å². The van der Waals surface area contributed by atoms with Crippen LogP contribution in [0.1, 0.15) is 12.0 Å². The zero-order chi connectivity index (χ0) is 11.1. The monoisotopic (exact) mass is 221 g/mol. The predicted molar refractivity (Wildman–Crippen MR) is 59.2 cm³/mol. The molecule has 0 fully saturated rings. The Bertz CT molecular complexity index is 433. The molecule has 1 rings (SSSR count). The van der Waals surface area contributed by atoms with Crippen molar-refractivity contribution in [3.8, 4) is 11.8 Å². The average molecular weight is 222 g/mol. The number of halogens is 1. The number of nitrogens with zero attached hydrogens (tertiary/aromatic N) is 4. The van der Waals surface area contributed by atoms with Crippen molar-refractivity contribution in [3.63, 3.8) is 0 Å². The van der Waals surface area contributed by atoms with Gasteiger partial charge in [0.15, 0.2) is 0 Å². The highest BCUT2D eigenvalue weighted by Crippen LogP contribution is 2.17. The molecule has 0 unspecified atom stereocenters. The third-order valence-corrected chi connectivity index (χ3v) is 1.84. The van der Waals surface area contributed by atoms with Gasteiger partial charge in [0.05, 0.1) is 11.3 Å². The number of nitrogen functional groups attached to an aromatic ring is 1. The number of rotatable bonds is 2. The Labute approximate surface area is 91.9 Å². The van der Waals surface area contributed by atoms with E-state index in [9.17, 15) is 0 Å². The molecule has 0 aliphatic carbocycles. The van der Waals surface area contributed by atoms with Gasteiger partial charge in [-0.25, -0.2) is 4.98 Å². The largest absolute Gasteiger partial charge is 0.398 e. The third-order valence-electron chi connectivity index (χ3n) is 1.55. The first-order chi connectivity index (χ1) is 7.25. The number of azide groups is 1. The van der Waals surface area contributed by atoms with Gasteiger partial charge in [-0.1, -0.05) is 28.6 Å². The molecule has 0 aliphatic rings. The molecule has 0 aromatic carbocycles. The molecular formula is C9H8ClN5. The summed E-state index contributed by atoms with van der Waals surface area (Å²) in [6.07, 6.45) is 1.98. The third kappa shape index (κ3) is 3.39. The lowest BCUT2D eigenvalue weighted by atomic mass is 10.2. The SMILES string of the molecule is [N-]=[N+]=NCCC#Cc1c(N)ccnc1Cl. The Balaban J connectivity index is 2.75. The highest BCUT2D eigenvalue weighted by Gasteiger charge is 2.00. The fourth-order valence-corrected chi connectivity index (χ4v) is 1.09. The molecule has 0 atom stereocenters. The molecule has 5 nitrogen and oxygen atoms in total. The van der Waals surface area contributed by atoms with E-state index in [2.05, 4.69) is 26.9 Å². The molecule has 15 heavy (non-hydrogen) atoms. The number of hydrogen-bond donors (Lipinski definition) is 1. The normalized spacial score (nSPS) is 8.60. The molecule has 0 saturated carbocycles. The Morgan fingerprint density at radius 1 is 1.67 bits per heavy atom. The molecule has 0 amide bonds. The summed E-state index contributed by atoms with van der Waals surface area (Å²) in [5.74, 6) is 5.59. The lowest BCUT2D eigenvalue weighted by Crippen LogP contribution is -1.92. The molecule has 0 saturated heterocycles. The maximum absolute atomic E-state index is 8.03. The van der Waals surface area contributed by atoms with E-state index >= 15 is 0 Å². The number of hydrogen-bond acceptors (Lipinski definition) is 3. The van der Waals surface area contributed by atoms with Crippen molar-refractivity contribution >= 4 is 17.3 Å². The van der Waals surface area contributed by atoms with Gasteiger partial charge in [-0.05, 0) is 11.6 Å². The minimum absolute atomic E-state index is 0.284. The molecule has 2 N–H and O–H groups in total. The Morgan fingerprint density at radius 3 is 3.13 bits per heavy atom. The Hall–Kier alpha value is -1.89. The number of aromatic nitrogens is 1. The first-order valence-electron chi connectivity index (χ1n) is 4.15. The number of nitrogens with two attached hydrogens (primary N) is 1. The van der Waals surface area contributed by atoms with Gasteiger partial charge in [0, 0.05) is 24.1 Å². The summed E-state index contributed by atoms with van der Waals surface area (Å²) in [7, 11) is 0. The average Bonchev–Trinajstić information content (AvgIpc) is 2.21. The van der Waals surface area contributed by atoms with Gasteiger partial charge < -0.3 is 5.73 Å². The second-order valence-electron chi connectivity index (χ2n) is 2.57. The molecule has 1 aromatic rings. The van der Waals surface area contributed by atoms with E-state index in [1.807, 2.05) is 0 Å². The number of pyridine rings is 1. The lowest BCUT2D eigenvalue weighted by Gasteiger charge is -1.98. The van der Waals surface area contributed by atoms with Crippen molar-refractivity contribution in [1.29, 1.82) is 0 Å². The summed E-state index contributed by atoms with van der Waals surface area (Å²) in [6, 6.07) is 1.63. The first kappa shape index (κ1) is 11.2. The minimum Gasteiger partial charge on any atom is -0.398 e. The van der Waals surface area contributed by atoms with Crippen LogP contribution in [0.3, 0.4) is 0 Å². The van der Waals surface area contributed by atoms with E-state index in [-0.39, 0.29) is 5.15 Å². The predicted octanol–water partition coefficient (Wildman–Crippen LogP) is 2.37. The standard InChI is InChI=1S/C9H8ClN5/c10-9-7(8(11)4-6-13-9)3-1-2-5-14-15-12/h4,6H,2,5H2,(H2,11,13). The van der Waals surface area contributed by atoms with Crippen molar-refractivity contribution in [2.45, 2.75) is 6.42 Å². The van der Waals surface area contributed by atoms with Crippen LogP contribution in [-0.4, -0.2) is 11.5 Å². The first-order valence-corrected chi connectivity index (χ1v) is 4.53. The number of anilines is 1. The Morgan fingerprint density at radius 2 is 2.47 bits per heavy atom. The van der Waals surface area contributed by atoms with Crippen LogP contribution in [0.2, 0.25) is 5.15 Å². The summed E-state index contributed by atoms with van der Waals surface area (Å²) < 4.78 is 0. The second-order valence-corrected chi connectivity index (χ2v) is 2.93.